The molecule has 16 heavy (non-hydrogen) atoms. The Morgan fingerprint density at radius 3 is 2.81 bits per heavy atom. The second-order valence-corrected chi connectivity index (χ2v) is 3.07. The Kier molecular flexibility index (Phi) is 4.05. The number of nitrogens with zero attached hydrogens (tertiary/aromatic N) is 1. The second-order valence-electron chi connectivity index (χ2n) is 3.07. The average Bonchev–Trinajstić information content (AvgIpc) is 2.26. The summed E-state index contributed by atoms with van der Waals surface area (Å²) in [5, 5.41) is 8.53. The summed E-state index contributed by atoms with van der Waals surface area (Å²) in [6.45, 7) is 1.36. The largest absolute Gasteiger partial charge is 0.394 e. The first kappa shape index (κ1) is 12.2. The van der Waals surface area contributed by atoms with Crippen LogP contribution in [0.5, 0.6) is 0 Å². The highest BCUT2D eigenvalue weighted by molar-refractivity contribution is 5.31. The Bertz CT molecular complexity index is 521. The number of hydrogen-bond donors (Lipinski definition) is 2. The van der Waals surface area contributed by atoms with Gasteiger partial charge in [-0.15, -0.1) is 6.42 Å². The number of nitrogens with one attached hydrogen (secondary N) is 1. The molecule has 0 aliphatic carbocycles. The molecule has 86 valence electrons. The van der Waals surface area contributed by atoms with E-state index in [1.165, 1.54) is 6.92 Å². The number of ether oxygens (including phenoxy) is 1. The Labute approximate surface area is 91.5 Å². The van der Waals surface area contributed by atoms with E-state index in [2.05, 4.69) is 10.9 Å². The van der Waals surface area contributed by atoms with Gasteiger partial charge in [0.15, 0.2) is 0 Å². The standard InChI is InChI=1S/C10H12N2O4/c1-3-8-7(2)9(14)11-10(15)12(8)6-16-5-4-13/h1,13H,4-6H2,2H3,(H,11,14,15). The molecule has 0 aromatic carbocycles. The summed E-state index contributed by atoms with van der Waals surface area (Å²) >= 11 is 0. The Hall–Kier alpha value is -1.84. The van der Waals surface area contributed by atoms with Gasteiger partial charge in [-0.1, -0.05) is 5.92 Å². The van der Waals surface area contributed by atoms with Crippen LogP contribution in [0.25, 0.3) is 0 Å². The highest BCUT2D eigenvalue weighted by Crippen LogP contribution is 1.97. The molecule has 0 fully saturated rings. The molecule has 0 amide bonds. The molecule has 1 rings (SSSR count). The molecule has 0 aliphatic heterocycles. The van der Waals surface area contributed by atoms with Gasteiger partial charge in [0.25, 0.3) is 5.56 Å². The van der Waals surface area contributed by atoms with Gasteiger partial charge >= 0.3 is 5.69 Å². The van der Waals surface area contributed by atoms with Crippen LogP contribution in [-0.2, 0) is 11.5 Å². The minimum absolute atomic E-state index is 0.0919. The fourth-order valence-corrected chi connectivity index (χ4v) is 1.20. The molecule has 0 saturated carbocycles. The molecule has 6 nitrogen and oxygen atoms in total. The normalized spacial score (nSPS) is 10.1. The van der Waals surface area contributed by atoms with E-state index in [0.29, 0.717) is 0 Å². The van der Waals surface area contributed by atoms with Crippen molar-refractivity contribution in [1.29, 1.82) is 0 Å². The van der Waals surface area contributed by atoms with Gasteiger partial charge in [0.05, 0.1) is 13.2 Å². The summed E-state index contributed by atoms with van der Waals surface area (Å²) in [6.07, 6.45) is 5.23. The SMILES string of the molecule is C#Cc1c(C)c(=O)[nH]c(=O)n1COCCO. The Morgan fingerprint density at radius 1 is 1.56 bits per heavy atom. The molecule has 6 heteroatoms. The molecule has 1 aromatic rings. The van der Waals surface area contributed by atoms with Crippen LogP contribution in [0.1, 0.15) is 11.3 Å². The molecular formula is C10H12N2O4. The lowest BCUT2D eigenvalue weighted by Gasteiger charge is -2.09. The third-order valence-corrected chi connectivity index (χ3v) is 2.02. The van der Waals surface area contributed by atoms with Gasteiger partial charge in [-0.05, 0) is 6.92 Å². The van der Waals surface area contributed by atoms with E-state index >= 15 is 0 Å². The molecule has 0 atom stereocenters. The highest BCUT2D eigenvalue weighted by atomic mass is 16.5. The number of aliphatic hydroxyl groups excluding tert-OH is 1. The first-order chi connectivity index (χ1) is 7.61. The van der Waals surface area contributed by atoms with Crippen LogP contribution in [0.2, 0.25) is 0 Å². The molecular weight excluding hydrogens is 212 g/mol. The van der Waals surface area contributed by atoms with Crippen molar-refractivity contribution >= 4 is 0 Å². The summed E-state index contributed by atoms with van der Waals surface area (Å²) < 4.78 is 6.11. The van der Waals surface area contributed by atoms with Crippen molar-refractivity contribution in [3.8, 4) is 12.3 Å². The van der Waals surface area contributed by atoms with E-state index in [1.54, 1.807) is 0 Å². The molecule has 1 heterocycles. The predicted molar refractivity (Wildman–Crippen MR) is 57.0 cm³/mol. The summed E-state index contributed by atoms with van der Waals surface area (Å²) in [7, 11) is 0. The van der Waals surface area contributed by atoms with E-state index in [1.807, 2.05) is 0 Å². The number of rotatable bonds is 4. The van der Waals surface area contributed by atoms with Crippen LogP contribution in [0, 0.1) is 19.3 Å². The third kappa shape index (κ3) is 2.39. The summed E-state index contributed by atoms with van der Waals surface area (Å²) in [5.41, 5.74) is -0.653. The molecule has 0 spiro atoms. The van der Waals surface area contributed by atoms with Gasteiger partial charge in [-0.2, -0.15) is 0 Å². The number of hydrogen-bond acceptors (Lipinski definition) is 4. The zero-order chi connectivity index (χ0) is 12.1. The monoisotopic (exact) mass is 224 g/mol. The Morgan fingerprint density at radius 2 is 2.25 bits per heavy atom. The van der Waals surface area contributed by atoms with E-state index in [0.717, 1.165) is 4.57 Å². The average molecular weight is 224 g/mol. The van der Waals surface area contributed by atoms with Gasteiger partial charge in [0.2, 0.25) is 0 Å². The maximum absolute atomic E-state index is 11.4. The predicted octanol–water partition coefficient (Wildman–Crippen LogP) is -1.21. The molecule has 0 saturated heterocycles. The van der Waals surface area contributed by atoms with Gasteiger partial charge < -0.3 is 9.84 Å². The molecule has 0 radical (unpaired) electrons. The van der Waals surface area contributed by atoms with Crippen molar-refractivity contribution in [2.75, 3.05) is 13.2 Å². The fourth-order valence-electron chi connectivity index (χ4n) is 1.20. The minimum Gasteiger partial charge on any atom is -0.394 e. The molecule has 2 N–H and O–H groups in total. The van der Waals surface area contributed by atoms with Crippen LogP contribution in [0.4, 0.5) is 0 Å². The van der Waals surface area contributed by atoms with Crippen LogP contribution in [-0.4, -0.2) is 27.9 Å². The highest BCUT2D eigenvalue weighted by Gasteiger charge is 2.08. The summed E-state index contributed by atoms with van der Waals surface area (Å²) in [6, 6.07) is 0. The summed E-state index contributed by atoms with van der Waals surface area (Å²) in [5.74, 6) is 2.27. The first-order valence-electron chi connectivity index (χ1n) is 4.60. The Balaban J connectivity index is 3.18. The number of terminal acetylenes is 1. The van der Waals surface area contributed by atoms with E-state index in [-0.39, 0.29) is 31.2 Å². The number of aromatic amines is 1. The topological polar surface area (TPSA) is 84.3 Å². The lowest BCUT2D eigenvalue weighted by molar-refractivity contribution is 0.0451. The zero-order valence-corrected chi connectivity index (χ0v) is 8.82. The van der Waals surface area contributed by atoms with Crippen molar-refractivity contribution in [2.24, 2.45) is 0 Å². The number of aliphatic hydroxyl groups is 1. The lowest BCUT2D eigenvalue weighted by atomic mass is 10.2. The van der Waals surface area contributed by atoms with Crippen LogP contribution in [0.3, 0.4) is 0 Å². The van der Waals surface area contributed by atoms with E-state index < -0.39 is 11.2 Å². The quantitative estimate of drug-likeness (QED) is 0.496. The van der Waals surface area contributed by atoms with E-state index in [9.17, 15) is 9.59 Å². The van der Waals surface area contributed by atoms with Crippen molar-refractivity contribution in [2.45, 2.75) is 13.7 Å². The van der Waals surface area contributed by atoms with Crippen LogP contribution >= 0.6 is 0 Å². The molecule has 0 aliphatic rings. The molecule has 0 bridgehead atoms. The third-order valence-electron chi connectivity index (χ3n) is 2.02. The summed E-state index contributed by atoms with van der Waals surface area (Å²) in [4.78, 5) is 24.8. The number of aromatic nitrogens is 2. The van der Waals surface area contributed by atoms with Crippen LogP contribution in [0.15, 0.2) is 9.59 Å². The van der Waals surface area contributed by atoms with Crippen molar-refractivity contribution < 1.29 is 9.84 Å². The number of H-pyrrole nitrogens is 1. The maximum atomic E-state index is 11.4. The maximum Gasteiger partial charge on any atom is 0.331 e. The van der Waals surface area contributed by atoms with E-state index in [4.69, 9.17) is 16.3 Å². The second kappa shape index (κ2) is 5.30. The fraction of sp³-hybridized carbons (Fsp3) is 0.400. The van der Waals surface area contributed by atoms with Gasteiger partial charge in [0, 0.05) is 5.56 Å². The smallest absolute Gasteiger partial charge is 0.331 e. The minimum atomic E-state index is -0.624. The first-order valence-corrected chi connectivity index (χ1v) is 4.60. The van der Waals surface area contributed by atoms with Gasteiger partial charge in [-0.25, -0.2) is 4.79 Å². The lowest BCUT2D eigenvalue weighted by Crippen LogP contribution is -2.34. The van der Waals surface area contributed by atoms with Crippen molar-refractivity contribution in [3.63, 3.8) is 0 Å². The van der Waals surface area contributed by atoms with Gasteiger partial charge in [0.1, 0.15) is 12.4 Å². The van der Waals surface area contributed by atoms with Gasteiger partial charge in [-0.3, -0.25) is 14.3 Å². The molecule has 1 aromatic heterocycles. The van der Waals surface area contributed by atoms with Crippen LogP contribution < -0.4 is 11.2 Å². The molecule has 0 unspecified atom stereocenters. The van der Waals surface area contributed by atoms with Crippen molar-refractivity contribution in [3.05, 3.63) is 32.1 Å². The zero-order valence-electron chi connectivity index (χ0n) is 8.82. The van der Waals surface area contributed by atoms with Crippen molar-refractivity contribution in [1.82, 2.24) is 9.55 Å².